The van der Waals surface area contributed by atoms with Crippen LogP contribution >= 0.6 is 0 Å². The van der Waals surface area contributed by atoms with Gasteiger partial charge in [-0.3, -0.25) is 9.59 Å². The lowest BCUT2D eigenvalue weighted by Crippen LogP contribution is -2.67. The van der Waals surface area contributed by atoms with E-state index in [9.17, 15) is 40.2 Å². The molecule has 1 aliphatic carbocycles. The minimum absolute atomic E-state index is 0.0921. The molecule has 2 saturated heterocycles. The second-order valence-corrected chi connectivity index (χ2v) is 9.04. The number of amides is 1. The zero-order valence-corrected chi connectivity index (χ0v) is 19.4. The topological polar surface area (TPSA) is 204 Å². The third-order valence-electron chi connectivity index (χ3n) is 6.49. The fourth-order valence-electron chi connectivity index (χ4n) is 4.46. The van der Waals surface area contributed by atoms with E-state index in [1.165, 1.54) is 38.1 Å². The molecule has 7 N–H and O–H groups in total. The van der Waals surface area contributed by atoms with Crippen LogP contribution in [0, 0.1) is 0 Å². The van der Waals surface area contributed by atoms with Crippen LogP contribution in [0.1, 0.15) is 19.4 Å². The van der Waals surface area contributed by atoms with Crippen LogP contribution in [0.15, 0.2) is 23.8 Å². The number of carbonyl (C=O) groups is 2. The molecule has 1 saturated carbocycles. The smallest absolute Gasteiger partial charge is 0.247 e. The lowest BCUT2D eigenvalue weighted by Gasteiger charge is -2.41. The summed E-state index contributed by atoms with van der Waals surface area (Å²) in [5, 5.41) is 63.9. The summed E-state index contributed by atoms with van der Waals surface area (Å²) in [6, 6.07) is 2.90. The number of hydrogen-bond acceptors (Lipinski definition) is 12. The minimum atomic E-state index is -1.51. The number of aliphatic hydroxyl groups is 5. The molecule has 3 aliphatic rings. The van der Waals surface area contributed by atoms with Gasteiger partial charge in [0.2, 0.25) is 12.2 Å². The van der Waals surface area contributed by atoms with E-state index in [0.717, 1.165) is 0 Å². The number of benzene rings is 1. The van der Waals surface area contributed by atoms with Gasteiger partial charge in [-0.2, -0.15) is 0 Å². The van der Waals surface area contributed by atoms with E-state index in [0.29, 0.717) is 5.56 Å². The van der Waals surface area contributed by atoms with E-state index in [2.05, 4.69) is 5.32 Å². The average Bonchev–Trinajstić information content (AvgIpc) is 3.43. The molecule has 2 aliphatic heterocycles. The highest BCUT2D eigenvalue weighted by atomic mass is 16.7. The van der Waals surface area contributed by atoms with E-state index in [-0.39, 0.29) is 23.9 Å². The number of aromatic hydroxyl groups is 1. The first-order valence-corrected chi connectivity index (χ1v) is 11.3. The molecule has 2 unspecified atom stereocenters. The Kier molecular flexibility index (Phi) is 7.64. The van der Waals surface area contributed by atoms with E-state index in [4.69, 9.17) is 18.9 Å². The maximum Gasteiger partial charge on any atom is 0.247 e. The summed E-state index contributed by atoms with van der Waals surface area (Å²) in [5.74, 6) is -1.59. The van der Waals surface area contributed by atoms with Crippen molar-refractivity contribution < 1.29 is 59.2 Å². The summed E-state index contributed by atoms with van der Waals surface area (Å²) in [5.41, 5.74) is 0.545. The minimum Gasteiger partial charge on any atom is -0.504 e. The normalized spacial score (nSPS) is 38.5. The maximum atomic E-state index is 12.7. The van der Waals surface area contributed by atoms with Crippen LogP contribution in [0.3, 0.4) is 0 Å². The summed E-state index contributed by atoms with van der Waals surface area (Å²) in [7, 11) is 0. The van der Waals surface area contributed by atoms with Crippen molar-refractivity contribution in [2.75, 3.05) is 6.79 Å². The molecular formula is C23H29NO12. The largest absolute Gasteiger partial charge is 0.504 e. The number of phenols is 1. The van der Waals surface area contributed by atoms with Crippen molar-refractivity contribution in [1.82, 2.24) is 5.32 Å². The van der Waals surface area contributed by atoms with Crippen molar-refractivity contribution in [3.8, 4) is 11.5 Å². The Morgan fingerprint density at radius 1 is 0.972 bits per heavy atom. The van der Waals surface area contributed by atoms with E-state index in [1.807, 2.05) is 0 Å². The molecule has 1 amide bonds. The molecule has 198 valence electrons. The number of Topliss-reactive ketones (excluding diaryl/α,β-unsaturated/α-hetero) is 1. The molecule has 36 heavy (non-hydrogen) atoms. The number of fused-ring (bicyclic) bond motifs is 1. The second-order valence-electron chi connectivity index (χ2n) is 9.04. The fourth-order valence-corrected chi connectivity index (χ4v) is 4.46. The summed E-state index contributed by atoms with van der Waals surface area (Å²) < 4.78 is 21.1. The van der Waals surface area contributed by atoms with Crippen LogP contribution in [-0.2, 0) is 23.8 Å². The number of phenolic OH excluding ortho intramolecular Hbond substituents is 1. The van der Waals surface area contributed by atoms with Gasteiger partial charge in [-0.05, 0) is 37.6 Å². The molecule has 13 heteroatoms. The maximum absolute atomic E-state index is 12.7. The second kappa shape index (κ2) is 10.4. The Hall–Kier alpha value is -2.62. The highest BCUT2D eigenvalue weighted by Crippen LogP contribution is 2.33. The van der Waals surface area contributed by atoms with Gasteiger partial charge in [0, 0.05) is 5.57 Å². The van der Waals surface area contributed by atoms with Crippen LogP contribution in [0.2, 0.25) is 0 Å². The zero-order valence-electron chi connectivity index (χ0n) is 19.4. The summed E-state index contributed by atoms with van der Waals surface area (Å²) in [6.45, 7) is 2.52. The Labute approximate surface area is 205 Å². The SMILES string of the molecule is CC(=O)[C@H]1O[C@@H](Oc2ccc(/C=C(\C)C(=O)N[C@@H]3[C@H](O)[C@@H](O)C4OCOC4[C@@H]3O)cc2O)[C@@H](O)[C@@H]1O. The van der Waals surface area contributed by atoms with Gasteiger partial charge in [0.15, 0.2) is 17.3 Å². The van der Waals surface area contributed by atoms with Gasteiger partial charge in [-0.15, -0.1) is 0 Å². The Bertz CT molecular complexity index is 1030. The number of hydrogen-bond donors (Lipinski definition) is 7. The Morgan fingerprint density at radius 2 is 1.64 bits per heavy atom. The van der Waals surface area contributed by atoms with E-state index in [1.54, 1.807) is 0 Å². The van der Waals surface area contributed by atoms with Gasteiger partial charge in [0.25, 0.3) is 0 Å². The first-order valence-electron chi connectivity index (χ1n) is 11.3. The first kappa shape index (κ1) is 26.4. The third kappa shape index (κ3) is 4.96. The van der Waals surface area contributed by atoms with Gasteiger partial charge in [-0.1, -0.05) is 6.07 Å². The predicted molar refractivity (Wildman–Crippen MR) is 118 cm³/mol. The molecule has 0 spiro atoms. The third-order valence-corrected chi connectivity index (χ3v) is 6.49. The van der Waals surface area contributed by atoms with Crippen molar-refractivity contribution in [3.05, 3.63) is 29.3 Å². The highest BCUT2D eigenvalue weighted by molar-refractivity contribution is 5.97. The van der Waals surface area contributed by atoms with Crippen LogP contribution in [-0.4, -0.2) is 110 Å². The first-order chi connectivity index (χ1) is 17.0. The quantitative estimate of drug-likeness (QED) is 0.199. The molecule has 13 nitrogen and oxygen atoms in total. The zero-order chi connectivity index (χ0) is 26.3. The molecule has 0 radical (unpaired) electrons. The van der Waals surface area contributed by atoms with Crippen LogP contribution < -0.4 is 10.1 Å². The van der Waals surface area contributed by atoms with E-state index >= 15 is 0 Å². The van der Waals surface area contributed by atoms with Crippen molar-refractivity contribution in [2.24, 2.45) is 0 Å². The highest BCUT2D eigenvalue weighted by Gasteiger charge is 2.53. The number of rotatable bonds is 6. The number of carbonyl (C=O) groups excluding carboxylic acids is 2. The molecule has 4 rings (SSSR count). The standard InChI is InChI=1S/C23H29NO12/c1-8(22(32)24-13-14(27)16(29)21-20(15(13)28)33-7-34-21)5-10-3-4-12(11(26)6-10)35-23-18(31)17(30)19(36-23)9(2)25/h3-6,13-21,23,26-31H,7H2,1-2H3,(H,24,32)/b8-5+/t13-,14+,15-,16-,17+,18+,19-,20?,21?,23-/m1/s1. The number of ether oxygens (including phenoxy) is 4. The molecule has 1 aromatic rings. The lowest BCUT2D eigenvalue weighted by molar-refractivity contribution is -0.155. The number of ketones is 1. The predicted octanol–water partition coefficient (Wildman–Crippen LogP) is -2.47. The van der Waals surface area contributed by atoms with Gasteiger partial charge in [0.05, 0.1) is 6.04 Å². The molecule has 10 atom stereocenters. The number of nitrogens with one attached hydrogen (secondary N) is 1. The number of aliphatic hydroxyl groups excluding tert-OH is 5. The summed E-state index contributed by atoms with van der Waals surface area (Å²) in [4.78, 5) is 24.2. The Morgan fingerprint density at radius 3 is 2.25 bits per heavy atom. The van der Waals surface area contributed by atoms with Crippen molar-refractivity contribution >= 4 is 17.8 Å². The molecule has 0 bridgehead atoms. The van der Waals surface area contributed by atoms with E-state index < -0.39 is 72.9 Å². The fraction of sp³-hybridized carbons (Fsp3) is 0.565. The Balaban J connectivity index is 1.41. The summed E-state index contributed by atoms with van der Waals surface area (Å²) in [6.07, 6.45) is -10.2. The average molecular weight is 511 g/mol. The van der Waals surface area contributed by atoms with Gasteiger partial charge in [0.1, 0.15) is 55.6 Å². The van der Waals surface area contributed by atoms with Gasteiger partial charge < -0.3 is 54.9 Å². The van der Waals surface area contributed by atoms with Crippen LogP contribution in [0.4, 0.5) is 0 Å². The van der Waals surface area contributed by atoms with Crippen LogP contribution in [0.25, 0.3) is 6.08 Å². The molecule has 2 heterocycles. The summed E-state index contributed by atoms with van der Waals surface area (Å²) >= 11 is 0. The monoisotopic (exact) mass is 511 g/mol. The molecular weight excluding hydrogens is 482 g/mol. The lowest BCUT2D eigenvalue weighted by atomic mass is 9.83. The van der Waals surface area contributed by atoms with Gasteiger partial charge in [-0.25, -0.2) is 0 Å². The molecule has 3 fully saturated rings. The van der Waals surface area contributed by atoms with Crippen molar-refractivity contribution in [1.29, 1.82) is 0 Å². The van der Waals surface area contributed by atoms with Crippen molar-refractivity contribution in [3.63, 3.8) is 0 Å². The van der Waals surface area contributed by atoms with Crippen LogP contribution in [0.5, 0.6) is 11.5 Å². The van der Waals surface area contributed by atoms with Crippen molar-refractivity contribution in [2.45, 2.75) is 75.0 Å². The molecule has 0 aromatic heterocycles. The molecule has 1 aromatic carbocycles. The van der Waals surface area contributed by atoms with Gasteiger partial charge >= 0.3 is 0 Å².